The Morgan fingerprint density at radius 2 is 1.97 bits per heavy atom. The van der Waals surface area contributed by atoms with Gasteiger partial charge in [0, 0.05) is 29.7 Å². The van der Waals surface area contributed by atoms with Gasteiger partial charge >= 0.3 is 6.03 Å². The second-order valence-corrected chi connectivity index (χ2v) is 8.39. The zero-order chi connectivity index (χ0) is 24.1. The molecule has 174 valence electrons. The van der Waals surface area contributed by atoms with Crippen LogP contribution in [0.5, 0.6) is 0 Å². The second kappa shape index (κ2) is 10.2. The van der Waals surface area contributed by atoms with E-state index in [0.29, 0.717) is 25.2 Å². The van der Waals surface area contributed by atoms with Crippen molar-refractivity contribution in [3.05, 3.63) is 83.1 Å². The number of aromatic amines is 1. The minimum atomic E-state index is -0.480. The monoisotopic (exact) mass is 456 g/mol. The number of H-pyrrole nitrogens is 1. The quantitative estimate of drug-likeness (QED) is 0.393. The number of carbonyl (C=O) groups excluding carboxylic acids is 1. The lowest BCUT2D eigenvalue weighted by Gasteiger charge is -2.21. The number of primary amides is 1. The number of nitrogens with zero attached hydrogens (tertiary/aromatic N) is 4. The summed E-state index contributed by atoms with van der Waals surface area (Å²) in [6, 6.07) is 17.4. The molecule has 2 amide bonds. The van der Waals surface area contributed by atoms with Crippen molar-refractivity contribution in [1.29, 1.82) is 5.26 Å². The Labute approximate surface area is 198 Å². The number of aryl methyl sites for hydroxylation is 1. The first-order valence-corrected chi connectivity index (χ1v) is 11.2. The van der Waals surface area contributed by atoms with Crippen LogP contribution in [-0.4, -0.2) is 41.0 Å². The van der Waals surface area contributed by atoms with E-state index in [0.717, 1.165) is 52.3 Å². The Morgan fingerprint density at radius 3 is 2.68 bits per heavy atom. The molecule has 34 heavy (non-hydrogen) atoms. The van der Waals surface area contributed by atoms with Crippen LogP contribution in [0.15, 0.2) is 59.1 Å². The number of nitrogens with one attached hydrogen (secondary N) is 1. The number of furan rings is 1. The van der Waals surface area contributed by atoms with Crippen molar-refractivity contribution in [3.8, 4) is 6.07 Å². The van der Waals surface area contributed by atoms with Gasteiger partial charge in [0.1, 0.15) is 28.9 Å². The molecule has 0 bridgehead atoms. The molecule has 3 N–H and O–H groups in total. The van der Waals surface area contributed by atoms with E-state index in [2.05, 4.69) is 20.9 Å². The normalized spacial score (nSPS) is 11.1. The highest BCUT2D eigenvalue weighted by Crippen LogP contribution is 2.30. The lowest BCUT2D eigenvalue weighted by atomic mass is 10.1. The summed E-state index contributed by atoms with van der Waals surface area (Å²) >= 11 is 0. The number of nitrogens with two attached hydrogens (primary N) is 1. The van der Waals surface area contributed by atoms with E-state index >= 15 is 0 Å². The minimum absolute atomic E-state index is 0.457. The molecule has 0 aliphatic heterocycles. The van der Waals surface area contributed by atoms with Gasteiger partial charge in [0.05, 0.1) is 12.7 Å². The molecule has 0 saturated heterocycles. The number of fused-ring (bicyclic) bond motifs is 1. The number of benzene rings is 2. The first kappa shape index (κ1) is 23.1. The molecule has 0 aliphatic rings. The number of hydrogen-bond acceptors (Lipinski definition) is 5. The summed E-state index contributed by atoms with van der Waals surface area (Å²) < 4.78 is 5.98. The Balaban J connectivity index is 1.49. The number of carbonyl (C=O) groups is 1. The third-order valence-corrected chi connectivity index (χ3v) is 5.93. The van der Waals surface area contributed by atoms with Crippen molar-refractivity contribution in [2.45, 2.75) is 26.3 Å². The zero-order valence-electron chi connectivity index (χ0n) is 19.4. The first-order valence-electron chi connectivity index (χ1n) is 11.2. The summed E-state index contributed by atoms with van der Waals surface area (Å²) in [5.41, 5.74) is 9.99. The lowest BCUT2D eigenvalue weighted by molar-refractivity contribution is 0.254. The van der Waals surface area contributed by atoms with Crippen LogP contribution in [-0.2, 0) is 19.4 Å². The molecular weight excluding hydrogens is 428 g/mol. The number of rotatable bonds is 9. The maximum absolute atomic E-state index is 12.2. The molecule has 0 unspecified atom stereocenters. The van der Waals surface area contributed by atoms with E-state index in [1.807, 2.05) is 62.5 Å². The van der Waals surface area contributed by atoms with Gasteiger partial charge < -0.3 is 15.1 Å². The highest BCUT2D eigenvalue weighted by molar-refractivity contribution is 5.94. The third-order valence-electron chi connectivity index (χ3n) is 5.93. The molecule has 4 aromatic rings. The predicted molar refractivity (Wildman–Crippen MR) is 131 cm³/mol. The maximum Gasteiger partial charge on any atom is 0.319 e. The number of imidazole rings is 1. The molecule has 0 spiro atoms. The van der Waals surface area contributed by atoms with Crippen molar-refractivity contribution in [2.75, 3.05) is 25.0 Å². The van der Waals surface area contributed by atoms with Crippen LogP contribution in [0, 0.1) is 18.3 Å². The van der Waals surface area contributed by atoms with E-state index in [9.17, 15) is 4.79 Å². The van der Waals surface area contributed by atoms with Crippen molar-refractivity contribution >= 4 is 22.7 Å². The highest BCUT2D eigenvalue weighted by atomic mass is 16.3. The topological polar surface area (TPSA) is 115 Å². The molecule has 2 aromatic carbocycles. The summed E-state index contributed by atoms with van der Waals surface area (Å²) in [5, 5.41) is 9.94. The van der Waals surface area contributed by atoms with Gasteiger partial charge in [-0.25, -0.2) is 9.78 Å². The average Bonchev–Trinajstić information content (AvgIpc) is 3.41. The van der Waals surface area contributed by atoms with Gasteiger partial charge in [0.15, 0.2) is 0 Å². The van der Waals surface area contributed by atoms with Gasteiger partial charge in [0.25, 0.3) is 0 Å². The van der Waals surface area contributed by atoms with E-state index in [-0.39, 0.29) is 0 Å². The molecule has 8 nitrogen and oxygen atoms in total. The smallest absolute Gasteiger partial charge is 0.319 e. The molecule has 0 saturated carbocycles. The molecule has 0 aliphatic carbocycles. The molecular formula is C26H28N6O2. The van der Waals surface area contributed by atoms with Crippen molar-refractivity contribution in [2.24, 2.45) is 5.73 Å². The number of anilines is 1. The van der Waals surface area contributed by atoms with Crippen LogP contribution in [0.4, 0.5) is 10.5 Å². The largest absolute Gasteiger partial charge is 0.461 e. The molecule has 0 atom stereocenters. The number of aromatic nitrogens is 2. The van der Waals surface area contributed by atoms with Crippen LogP contribution in [0.1, 0.15) is 28.4 Å². The van der Waals surface area contributed by atoms with Crippen LogP contribution < -0.4 is 10.6 Å². The number of amides is 2. The molecule has 8 heteroatoms. The first-order chi connectivity index (χ1) is 16.4. The summed E-state index contributed by atoms with van der Waals surface area (Å²) in [6.45, 7) is 3.84. The maximum atomic E-state index is 12.2. The van der Waals surface area contributed by atoms with Gasteiger partial charge in [0.2, 0.25) is 0 Å². The summed E-state index contributed by atoms with van der Waals surface area (Å²) in [7, 11) is 2.01. The van der Waals surface area contributed by atoms with E-state index < -0.39 is 6.03 Å². The zero-order valence-corrected chi connectivity index (χ0v) is 19.4. The van der Waals surface area contributed by atoms with Gasteiger partial charge in [-0.15, -0.1) is 0 Å². The molecule has 2 heterocycles. The fourth-order valence-corrected chi connectivity index (χ4v) is 4.13. The van der Waals surface area contributed by atoms with E-state index in [4.69, 9.17) is 15.4 Å². The van der Waals surface area contributed by atoms with Crippen LogP contribution in [0.3, 0.4) is 0 Å². The van der Waals surface area contributed by atoms with E-state index in [1.54, 1.807) is 11.1 Å². The fraction of sp³-hybridized carbons (Fsp3) is 0.269. The predicted octanol–water partition coefficient (Wildman–Crippen LogP) is 4.14. The Kier molecular flexibility index (Phi) is 6.95. The van der Waals surface area contributed by atoms with Gasteiger partial charge in [-0.2, -0.15) is 5.26 Å². The van der Waals surface area contributed by atoms with Crippen molar-refractivity contribution in [3.63, 3.8) is 0 Å². The van der Waals surface area contributed by atoms with Gasteiger partial charge in [-0.1, -0.05) is 30.3 Å². The van der Waals surface area contributed by atoms with Crippen LogP contribution in [0.2, 0.25) is 0 Å². The van der Waals surface area contributed by atoms with Crippen molar-refractivity contribution in [1.82, 2.24) is 14.9 Å². The number of hydrogen-bond donors (Lipinski definition) is 2. The van der Waals surface area contributed by atoms with Crippen molar-refractivity contribution < 1.29 is 9.21 Å². The molecule has 2 aromatic heterocycles. The Morgan fingerprint density at radius 1 is 1.18 bits per heavy atom. The third kappa shape index (κ3) is 5.27. The standard InChI is InChI=1S/C26H28N6O2/c1-18-22(11-12-31(2)17-25-29-16-20(15-27)30-25)23-14-21(8-9-24(23)34-18)32(26(28)33)13-10-19-6-4-3-5-7-19/h3-9,14,16H,10-13,17H2,1-2H3,(H2,28,33)(H,29,30). The minimum Gasteiger partial charge on any atom is -0.461 e. The Bertz CT molecular complexity index is 1320. The lowest BCUT2D eigenvalue weighted by Crippen LogP contribution is -2.37. The van der Waals surface area contributed by atoms with Gasteiger partial charge in [-0.3, -0.25) is 9.80 Å². The summed E-state index contributed by atoms with van der Waals surface area (Å²) in [4.78, 5) is 23.2. The molecule has 0 fully saturated rings. The van der Waals surface area contributed by atoms with E-state index in [1.165, 1.54) is 0 Å². The second-order valence-electron chi connectivity index (χ2n) is 8.39. The SMILES string of the molecule is Cc1oc2ccc(N(CCc3ccccc3)C(N)=O)cc2c1CCN(C)Cc1ncc(C#N)[nH]1. The van der Waals surface area contributed by atoms with Crippen LogP contribution >= 0.6 is 0 Å². The highest BCUT2D eigenvalue weighted by Gasteiger charge is 2.17. The molecule has 0 radical (unpaired) electrons. The number of urea groups is 1. The number of nitriles is 1. The fourth-order valence-electron chi connectivity index (χ4n) is 4.13. The average molecular weight is 457 g/mol. The summed E-state index contributed by atoms with van der Waals surface area (Å²) in [5.74, 6) is 1.62. The summed E-state index contributed by atoms with van der Waals surface area (Å²) in [6.07, 6.45) is 3.02. The molecule has 4 rings (SSSR count). The van der Waals surface area contributed by atoms with Crippen LogP contribution in [0.25, 0.3) is 11.0 Å². The van der Waals surface area contributed by atoms with Gasteiger partial charge in [-0.05, 0) is 50.6 Å². The Hall–Kier alpha value is -4.09. The number of likely N-dealkylation sites (N-methyl/N-ethyl adjacent to an activating group) is 1.